The number of aromatic nitrogens is 2. The monoisotopic (exact) mass is 314 g/mol. The highest BCUT2D eigenvalue weighted by Crippen LogP contribution is 2.11. The molecule has 0 spiro atoms. The first-order valence-electron chi connectivity index (χ1n) is 3.83. The number of halogens is 3. The lowest BCUT2D eigenvalue weighted by Crippen LogP contribution is -2.35. The molecule has 3 N–H and O–H groups in total. The number of anilines is 1. The number of rotatable bonds is 4. The van der Waals surface area contributed by atoms with Crippen molar-refractivity contribution in [3.05, 3.63) is 16.0 Å². The summed E-state index contributed by atoms with van der Waals surface area (Å²) in [5.74, 6) is -2.75. The molecule has 0 unspecified atom stereocenters. The molecular weight excluding hydrogens is 305 g/mol. The Kier molecular flexibility index (Phi) is 3.93. The second kappa shape index (κ2) is 4.78. The van der Waals surface area contributed by atoms with Crippen LogP contribution in [0.15, 0.2) is 12.4 Å². The molecule has 0 aliphatic carbocycles. The first-order valence-corrected chi connectivity index (χ1v) is 4.91. The summed E-state index contributed by atoms with van der Waals surface area (Å²) in [6.07, 6.45) is 3.08. The normalized spacial score (nSPS) is 11.4. The van der Waals surface area contributed by atoms with E-state index in [1.807, 2.05) is 22.6 Å². The fourth-order valence-corrected chi connectivity index (χ4v) is 0.963. The molecular formula is C7H9F2IN4. The van der Waals surface area contributed by atoms with E-state index in [1.54, 1.807) is 0 Å². The van der Waals surface area contributed by atoms with Crippen LogP contribution in [0.1, 0.15) is 0 Å². The summed E-state index contributed by atoms with van der Waals surface area (Å²) in [5.41, 5.74) is 4.86. The van der Waals surface area contributed by atoms with Gasteiger partial charge in [0.2, 0.25) is 5.95 Å². The minimum absolute atomic E-state index is 0.179. The van der Waals surface area contributed by atoms with Gasteiger partial charge in [0.1, 0.15) is 0 Å². The molecule has 78 valence electrons. The van der Waals surface area contributed by atoms with Crippen LogP contribution >= 0.6 is 22.6 Å². The van der Waals surface area contributed by atoms with Gasteiger partial charge in [-0.05, 0) is 22.6 Å². The molecule has 0 fully saturated rings. The number of hydrogen-bond donors (Lipinski definition) is 2. The van der Waals surface area contributed by atoms with Crippen LogP contribution in [-0.4, -0.2) is 29.0 Å². The molecule has 4 nitrogen and oxygen atoms in total. The van der Waals surface area contributed by atoms with Gasteiger partial charge in [0, 0.05) is 16.0 Å². The van der Waals surface area contributed by atoms with Crippen LogP contribution in [0.2, 0.25) is 0 Å². The van der Waals surface area contributed by atoms with Crippen molar-refractivity contribution < 1.29 is 8.78 Å². The Balaban J connectivity index is 2.50. The van der Waals surface area contributed by atoms with Gasteiger partial charge in [0.25, 0.3) is 5.92 Å². The largest absolute Gasteiger partial charge is 0.348 e. The average Bonchev–Trinajstić information content (AvgIpc) is 2.17. The second-order valence-corrected chi connectivity index (χ2v) is 3.88. The van der Waals surface area contributed by atoms with E-state index in [9.17, 15) is 8.78 Å². The zero-order valence-electron chi connectivity index (χ0n) is 7.17. The van der Waals surface area contributed by atoms with E-state index in [0.29, 0.717) is 0 Å². The van der Waals surface area contributed by atoms with Crippen LogP contribution in [0.4, 0.5) is 14.7 Å². The van der Waals surface area contributed by atoms with Gasteiger partial charge in [-0.2, -0.15) is 0 Å². The molecule has 0 radical (unpaired) electrons. The Hall–Kier alpha value is -0.570. The van der Waals surface area contributed by atoms with Gasteiger partial charge < -0.3 is 11.1 Å². The van der Waals surface area contributed by atoms with Crippen LogP contribution in [0.5, 0.6) is 0 Å². The molecule has 0 amide bonds. The standard InChI is InChI=1S/C7H9F2IN4/c8-7(9,3-11)4-14-6-12-1-5(10)2-13-6/h1-2H,3-4,11H2,(H,12,13,14). The molecule has 1 aromatic rings. The molecule has 0 saturated carbocycles. The summed E-state index contributed by atoms with van der Waals surface area (Å²) >= 11 is 2.03. The highest BCUT2D eigenvalue weighted by Gasteiger charge is 2.26. The van der Waals surface area contributed by atoms with E-state index < -0.39 is 19.0 Å². The molecule has 0 aromatic carbocycles. The first-order chi connectivity index (χ1) is 6.53. The predicted octanol–water partition coefficient (Wildman–Crippen LogP) is 1.09. The lowest BCUT2D eigenvalue weighted by atomic mass is 10.3. The van der Waals surface area contributed by atoms with Gasteiger partial charge in [-0.3, -0.25) is 0 Å². The third-order valence-corrected chi connectivity index (χ3v) is 1.98. The van der Waals surface area contributed by atoms with Crippen molar-refractivity contribution in [1.29, 1.82) is 0 Å². The molecule has 1 heterocycles. The molecule has 0 saturated heterocycles. The van der Waals surface area contributed by atoms with Crippen molar-refractivity contribution in [3.63, 3.8) is 0 Å². The van der Waals surface area contributed by atoms with Crippen LogP contribution in [0.3, 0.4) is 0 Å². The van der Waals surface area contributed by atoms with Gasteiger partial charge in [0.05, 0.1) is 13.1 Å². The van der Waals surface area contributed by atoms with Gasteiger partial charge in [0.15, 0.2) is 0 Å². The maximum atomic E-state index is 12.7. The minimum Gasteiger partial charge on any atom is -0.348 e. The summed E-state index contributed by atoms with van der Waals surface area (Å²) in [5, 5.41) is 2.41. The molecule has 14 heavy (non-hydrogen) atoms. The second-order valence-electron chi connectivity index (χ2n) is 2.64. The van der Waals surface area contributed by atoms with Crippen molar-refractivity contribution in [2.45, 2.75) is 5.92 Å². The average molecular weight is 314 g/mol. The molecule has 0 aliphatic heterocycles. The molecule has 1 aromatic heterocycles. The topological polar surface area (TPSA) is 63.8 Å². The molecule has 0 aliphatic rings. The number of nitrogens with two attached hydrogens (primary N) is 1. The van der Waals surface area contributed by atoms with Crippen LogP contribution < -0.4 is 11.1 Å². The molecule has 0 bridgehead atoms. The fourth-order valence-electron chi connectivity index (χ4n) is 0.684. The van der Waals surface area contributed by atoms with E-state index in [2.05, 4.69) is 15.3 Å². The summed E-state index contributed by atoms with van der Waals surface area (Å²) in [6.45, 7) is -1.24. The zero-order valence-corrected chi connectivity index (χ0v) is 9.33. The van der Waals surface area contributed by atoms with Crippen molar-refractivity contribution in [1.82, 2.24) is 9.97 Å². The summed E-state index contributed by atoms with van der Waals surface area (Å²) in [6, 6.07) is 0. The van der Waals surface area contributed by atoms with Crippen molar-refractivity contribution in [2.24, 2.45) is 5.73 Å². The third kappa shape index (κ3) is 3.66. The lowest BCUT2D eigenvalue weighted by Gasteiger charge is -2.13. The summed E-state index contributed by atoms with van der Waals surface area (Å²) in [4.78, 5) is 7.62. The van der Waals surface area contributed by atoms with Crippen LogP contribution in [0, 0.1) is 3.57 Å². The van der Waals surface area contributed by atoms with Crippen molar-refractivity contribution in [3.8, 4) is 0 Å². The van der Waals surface area contributed by atoms with Crippen LogP contribution in [0.25, 0.3) is 0 Å². The highest BCUT2D eigenvalue weighted by atomic mass is 127. The Bertz CT molecular complexity index is 290. The summed E-state index contributed by atoms with van der Waals surface area (Å²) < 4.78 is 26.2. The van der Waals surface area contributed by atoms with E-state index in [4.69, 9.17) is 5.73 Å². The number of nitrogens with one attached hydrogen (secondary N) is 1. The number of alkyl halides is 2. The molecule has 1 rings (SSSR count). The van der Waals surface area contributed by atoms with Gasteiger partial charge >= 0.3 is 0 Å². The highest BCUT2D eigenvalue weighted by molar-refractivity contribution is 14.1. The Labute approximate surface area is 93.4 Å². The van der Waals surface area contributed by atoms with Gasteiger partial charge in [-0.15, -0.1) is 0 Å². The zero-order chi connectivity index (χ0) is 10.6. The first kappa shape index (κ1) is 11.5. The minimum atomic E-state index is -2.92. The number of hydrogen-bond acceptors (Lipinski definition) is 4. The Morgan fingerprint density at radius 1 is 1.43 bits per heavy atom. The van der Waals surface area contributed by atoms with Gasteiger partial charge in [-0.1, -0.05) is 0 Å². The smallest absolute Gasteiger partial charge is 0.277 e. The maximum absolute atomic E-state index is 12.7. The van der Waals surface area contributed by atoms with E-state index >= 15 is 0 Å². The van der Waals surface area contributed by atoms with Crippen molar-refractivity contribution in [2.75, 3.05) is 18.4 Å². The molecule has 7 heteroatoms. The van der Waals surface area contributed by atoms with E-state index in [1.165, 1.54) is 12.4 Å². The summed E-state index contributed by atoms with van der Waals surface area (Å²) in [7, 11) is 0. The third-order valence-electron chi connectivity index (χ3n) is 1.42. The van der Waals surface area contributed by atoms with E-state index in [0.717, 1.165) is 3.57 Å². The quantitative estimate of drug-likeness (QED) is 0.817. The Morgan fingerprint density at radius 2 is 2.00 bits per heavy atom. The predicted molar refractivity (Wildman–Crippen MR) is 57.2 cm³/mol. The maximum Gasteiger partial charge on any atom is 0.277 e. The fraction of sp³-hybridized carbons (Fsp3) is 0.429. The SMILES string of the molecule is NCC(F)(F)CNc1ncc(I)cn1. The lowest BCUT2D eigenvalue weighted by molar-refractivity contribution is 0.0252. The van der Waals surface area contributed by atoms with Gasteiger partial charge in [-0.25, -0.2) is 18.7 Å². The number of nitrogens with zero attached hydrogens (tertiary/aromatic N) is 2. The Morgan fingerprint density at radius 3 is 2.50 bits per heavy atom. The molecule has 0 atom stereocenters. The van der Waals surface area contributed by atoms with Crippen molar-refractivity contribution >= 4 is 28.5 Å². The van der Waals surface area contributed by atoms with E-state index in [-0.39, 0.29) is 5.95 Å². The van der Waals surface area contributed by atoms with Crippen LogP contribution in [-0.2, 0) is 0 Å².